The predicted octanol–water partition coefficient (Wildman–Crippen LogP) is 4.51. The summed E-state index contributed by atoms with van der Waals surface area (Å²) in [5, 5.41) is 10.2. The Labute approximate surface area is 181 Å². The molecule has 0 atom stereocenters. The van der Waals surface area contributed by atoms with E-state index < -0.39 is 6.36 Å². The number of anilines is 1. The van der Waals surface area contributed by atoms with Crippen molar-refractivity contribution >= 4 is 11.7 Å². The van der Waals surface area contributed by atoms with E-state index in [0.717, 1.165) is 29.2 Å². The fourth-order valence-corrected chi connectivity index (χ4v) is 3.58. The highest BCUT2D eigenvalue weighted by atomic mass is 19.4. The highest BCUT2D eigenvalue weighted by Gasteiger charge is 2.31. The van der Waals surface area contributed by atoms with Crippen molar-refractivity contribution in [2.75, 3.05) is 18.0 Å². The minimum atomic E-state index is -4.77. The number of carbonyl (C=O) groups is 1. The van der Waals surface area contributed by atoms with Gasteiger partial charge in [-0.3, -0.25) is 9.89 Å². The molecule has 1 fully saturated rings. The molecule has 6 nitrogen and oxygen atoms in total. The van der Waals surface area contributed by atoms with Crippen molar-refractivity contribution in [1.82, 2.24) is 15.5 Å². The van der Waals surface area contributed by atoms with Gasteiger partial charge in [0.2, 0.25) is 0 Å². The van der Waals surface area contributed by atoms with E-state index >= 15 is 0 Å². The first-order chi connectivity index (χ1) is 15.3. The van der Waals surface area contributed by atoms with E-state index in [0.29, 0.717) is 25.9 Å². The summed E-state index contributed by atoms with van der Waals surface area (Å²) >= 11 is 0. The Morgan fingerprint density at radius 2 is 1.72 bits per heavy atom. The molecular formula is C22H20F4N4O2. The summed E-state index contributed by atoms with van der Waals surface area (Å²) in [6.45, 7) is 1.36. The van der Waals surface area contributed by atoms with Crippen molar-refractivity contribution in [3.63, 3.8) is 0 Å². The molecule has 1 amide bonds. The molecule has 2 aromatic carbocycles. The van der Waals surface area contributed by atoms with Gasteiger partial charge in [-0.05, 0) is 66.9 Å². The molecule has 10 heteroatoms. The first-order valence-electron chi connectivity index (χ1n) is 10.00. The van der Waals surface area contributed by atoms with Crippen LogP contribution in [0, 0.1) is 5.82 Å². The second kappa shape index (κ2) is 8.89. The van der Waals surface area contributed by atoms with Gasteiger partial charge in [-0.1, -0.05) is 0 Å². The van der Waals surface area contributed by atoms with Crippen molar-refractivity contribution < 1.29 is 27.1 Å². The normalized spacial score (nSPS) is 14.9. The first kappa shape index (κ1) is 21.7. The lowest BCUT2D eigenvalue weighted by Crippen LogP contribution is -2.44. The summed E-state index contributed by atoms with van der Waals surface area (Å²) in [5.41, 5.74) is 1.88. The molecule has 0 unspecified atom stereocenters. The summed E-state index contributed by atoms with van der Waals surface area (Å²) in [6, 6.07) is 12.8. The van der Waals surface area contributed by atoms with Crippen LogP contribution in [0.1, 0.15) is 23.2 Å². The number of alkyl halides is 3. The second-order valence-corrected chi connectivity index (χ2v) is 7.45. The second-order valence-electron chi connectivity index (χ2n) is 7.45. The molecule has 2 heterocycles. The fraction of sp³-hybridized carbons (Fsp3) is 0.273. The van der Waals surface area contributed by atoms with Crippen molar-refractivity contribution in [2.45, 2.75) is 25.2 Å². The van der Waals surface area contributed by atoms with Crippen molar-refractivity contribution in [3.8, 4) is 17.0 Å². The van der Waals surface area contributed by atoms with Crippen molar-refractivity contribution in [1.29, 1.82) is 0 Å². The van der Waals surface area contributed by atoms with E-state index in [1.165, 1.54) is 24.3 Å². The Hall–Kier alpha value is -3.56. The number of aromatic amines is 1. The third-order valence-electron chi connectivity index (χ3n) is 5.22. The molecule has 0 aliphatic carbocycles. The van der Waals surface area contributed by atoms with Gasteiger partial charge in [0.25, 0.3) is 5.91 Å². The molecule has 3 aromatic rings. The van der Waals surface area contributed by atoms with Gasteiger partial charge in [0.05, 0.1) is 5.69 Å². The smallest absolute Gasteiger partial charge is 0.406 e. The summed E-state index contributed by atoms with van der Waals surface area (Å²) in [5.74, 6) is -0.251. The number of H-pyrrole nitrogens is 1. The summed E-state index contributed by atoms with van der Waals surface area (Å²) in [6.07, 6.45) is -3.38. The van der Waals surface area contributed by atoms with Crippen LogP contribution >= 0.6 is 0 Å². The highest BCUT2D eigenvalue weighted by molar-refractivity contribution is 5.94. The number of piperidine rings is 1. The van der Waals surface area contributed by atoms with Gasteiger partial charge in [0, 0.05) is 30.8 Å². The minimum absolute atomic E-state index is 0.0552. The minimum Gasteiger partial charge on any atom is -0.406 e. The Bertz CT molecular complexity index is 1060. The van der Waals surface area contributed by atoms with Crippen LogP contribution in [0.4, 0.5) is 23.4 Å². The summed E-state index contributed by atoms with van der Waals surface area (Å²) < 4.78 is 53.6. The molecule has 32 heavy (non-hydrogen) atoms. The van der Waals surface area contributed by atoms with Crippen LogP contribution in [0.3, 0.4) is 0 Å². The average Bonchev–Trinajstić information content (AvgIpc) is 3.24. The molecule has 1 aliphatic rings. The Morgan fingerprint density at radius 3 is 2.34 bits per heavy atom. The van der Waals surface area contributed by atoms with Crippen LogP contribution in [-0.4, -0.2) is 41.6 Å². The zero-order valence-corrected chi connectivity index (χ0v) is 16.8. The summed E-state index contributed by atoms with van der Waals surface area (Å²) in [4.78, 5) is 14.5. The molecule has 0 radical (unpaired) electrons. The molecule has 0 spiro atoms. The van der Waals surface area contributed by atoms with Crippen LogP contribution in [0.15, 0.2) is 54.6 Å². The molecule has 0 saturated carbocycles. The van der Waals surface area contributed by atoms with Crippen molar-refractivity contribution in [2.24, 2.45) is 0 Å². The van der Waals surface area contributed by atoms with E-state index in [2.05, 4.69) is 25.2 Å². The van der Waals surface area contributed by atoms with Crippen LogP contribution in [0.2, 0.25) is 0 Å². The lowest BCUT2D eigenvalue weighted by molar-refractivity contribution is -0.274. The highest BCUT2D eigenvalue weighted by Crippen LogP contribution is 2.25. The number of aromatic nitrogens is 2. The molecule has 0 bridgehead atoms. The molecular weight excluding hydrogens is 428 g/mol. The van der Waals surface area contributed by atoms with Gasteiger partial charge in [-0.25, -0.2) is 4.39 Å². The first-order valence-corrected chi connectivity index (χ1v) is 10.00. The van der Waals surface area contributed by atoms with Crippen LogP contribution in [0.5, 0.6) is 5.75 Å². The molecule has 2 N–H and O–H groups in total. The Morgan fingerprint density at radius 1 is 1.06 bits per heavy atom. The van der Waals surface area contributed by atoms with E-state index in [9.17, 15) is 22.4 Å². The number of hydrogen-bond acceptors (Lipinski definition) is 4. The van der Waals surface area contributed by atoms with Crippen LogP contribution < -0.4 is 15.0 Å². The van der Waals surface area contributed by atoms with Gasteiger partial charge in [0.15, 0.2) is 5.82 Å². The van der Waals surface area contributed by atoms with Crippen LogP contribution in [-0.2, 0) is 0 Å². The third-order valence-corrected chi connectivity index (χ3v) is 5.22. The summed E-state index contributed by atoms with van der Waals surface area (Å²) in [7, 11) is 0. The van der Waals surface area contributed by atoms with Gasteiger partial charge in [-0.2, -0.15) is 5.10 Å². The van der Waals surface area contributed by atoms with Crippen LogP contribution in [0.25, 0.3) is 11.3 Å². The fourth-order valence-electron chi connectivity index (χ4n) is 3.58. The van der Waals surface area contributed by atoms with Gasteiger partial charge in [0.1, 0.15) is 11.6 Å². The van der Waals surface area contributed by atoms with E-state index in [1.54, 1.807) is 12.1 Å². The topological polar surface area (TPSA) is 70.2 Å². The number of hydrogen-bond donors (Lipinski definition) is 2. The largest absolute Gasteiger partial charge is 0.573 e. The Balaban J connectivity index is 1.29. The number of ether oxygens (including phenoxy) is 1. The van der Waals surface area contributed by atoms with E-state index in [-0.39, 0.29) is 29.1 Å². The number of rotatable bonds is 5. The average molecular weight is 448 g/mol. The van der Waals surface area contributed by atoms with E-state index in [1.807, 2.05) is 6.07 Å². The zero-order chi connectivity index (χ0) is 22.7. The molecule has 1 saturated heterocycles. The predicted molar refractivity (Wildman–Crippen MR) is 110 cm³/mol. The van der Waals surface area contributed by atoms with Crippen molar-refractivity contribution in [3.05, 3.63) is 66.0 Å². The molecule has 4 rings (SSSR count). The number of benzene rings is 2. The van der Waals surface area contributed by atoms with E-state index in [4.69, 9.17) is 0 Å². The number of nitrogens with one attached hydrogen (secondary N) is 2. The molecule has 168 valence electrons. The molecule has 1 aromatic heterocycles. The number of nitrogens with zero attached hydrogens (tertiary/aromatic N) is 2. The van der Waals surface area contributed by atoms with Gasteiger partial charge >= 0.3 is 6.36 Å². The lowest BCUT2D eigenvalue weighted by Gasteiger charge is -2.32. The maximum atomic E-state index is 13.1. The number of halogens is 4. The maximum absolute atomic E-state index is 13.1. The standard InChI is InChI=1S/C22H20F4N4O2/c23-16-5-1-14(2-6-16)19-13-20(29-28-19)30-11-9-17(10-12-30)27-21(31)15-3-7-18(8-4-15)32-22(24,25)26/h1-8,13,17H,9-12H2,(H,27,31)(H,28,29). The molecule has 1 aliphatic heterocycles. The third kappa shape index (κ3) is 5.37. The number of amides is 1. The number of carbonyl (C=O) groups excluding carboxylic acids is 1. The quantitative estimate of drug-likeness (QED) is 0.564. The van der Waals surface area contributed by atoms with Gasteiger partial charge in [-0.15, -0.1) is 13.2 Å². The van der Waals surface area contributed by atoms with Gasteiger partial charge < -0.3 is 15.0 Å². The SMILES string of the molecule is O=C(NC1CCN(c2cc(-c3ccc(F)cc3)[nH]n2)CC1)c1ccc(OC(F)(F)F)cc1. The Kier molecular flexibility index (Phi) is 6.02. The lowest BCUT2D eigenvalue weighted by atomic mass is 10.0. The maximum Gasteiger partial charge on any atom is 0.573 e. The monoisotopic (exact) mass is 448 g/mol. The zero-order valence-electron chi connectivity index (χ0n) is 16.8.